The molecule has 1 unspecified atom stereocenters. The zero-order chi connectivity index (χ0) is 14.7. The molecule has 0 bridgehead atoms. The van der Waals surface area contributed by atoms with Gasteiger partial charge in [-0.2, -0.15) is 12.6 Å². The molecule has 0 saturated carbocycles. The van der Waals surface area contributed by atoms with Crippen LogP contribution in [0.2, 0.25) is 0 Å². The van der Waals surface area contributed by atoms with Crippen LogP contribution in [0.25, 0.3) is 0 Å². The van der Waals surface area contributed by atoms with Crippen molar-refractivity contribution in [1.29, 1.82) is 0 Å². The van der Waals surface area contributed by atoms with Gasteiger partial charge in [0.1, 0.15) is 0 Å². The predicted octanol–water partition coefficient (Wildman–Crippen LogP) is 4.64. The Morgan fingerprint density at radius 2 is 1.65 bits per heavy atom. The minimum absolute atomic E-state index is 0.621. The van der Waals surface area contributed by atoms with Crippen molar-refractivity contribution in [2.24, 2.45) is 11.7 Å². The van der Waals surface area contributed by atoms with Crippen LogP contribution in [0.3, 0.4) is 0 Å². The molecule has 0 radical (unpaired) electrons. The molecule has 0 fully saturated rings. The van der Waals surface area contributed by atoms with Crippen molar-refractivity contribution in [3.05, 3.63) is 50.1 Å². The van der Waals surface area contributed by atoms with Crippen LogP contribution in [-0.2, 0) is 0 Å². The smallest absolute Gasteiger partial charge is 0.0191 e. The van der Waals surface area contributed by atoms with Gasteiger partial charge < -0.3 is 5.73 Å². The standard InChI is InChI=1S/C11H18.C2H4.CH5N.CH4S/c1-5-8-10(4)11(7-3)9-6-2;3*1-2/h6-7,9-10H,2-3,5,8H2,1,4H3;1-2H2;2H2,1H3;2H,1H3/b11-9+;;;. The molecule has 1 atom stereocenters. The molecule has 1 nitrogen and oxygen atoms in total. The number of nitrogens with two attached hydrogens (primary N) is 1. The summed E-state index contributed by atoms with van der Waals surface area (Å²) in [6, 6.07) is 0. The van der Waals surface area contributed by atoms with Crippen LogP contribution in [0.4, 0.5) is 0 Å². The highest BCUT2D eigenvalue weighted by molar-refractivity contribution is 7.79. The minimum Gasteiger partial charge on any atom is -0.333 e. The van der Waals surface area contributed by atoms with Gasteiger partial charge in [0, 0.05) is 0 Å². The number of rotatable bonds is 5. The van der Waals surface area contributed by atoms with E-state index in [0.717, 1.165) is 0 Å². The highest BCUT2D eigenvalue weighted by Gasteiger charge is 2.01. The summed E-state index contributed by atoms with van der Waals surface area (Å²) >= 11 is 3.53. The van der Waals surface area contributed by atoms with Gasteiger partial charge in [0.2, 0.25) is 0 Å². The lowest BCUT2D eigenvalue weighted by Crippen LogP contribution is -1.95. The largest absolute Gasteiger partial charge is 0.333 e. The molecule has 0 heterocycles. The van der Waals surface area contributed by atoms with Crippen molar-refractivity contribution in [3.8, 4) is 0 Å². The summed E-state index contributed by atoms with van der Waals surface area (Å²) in [7, 11) is 1.50. The molecule has 0 aliphatic carbocycles. The van der Waals surface area contributed by atoms with E-state index in [4.69, 9.17) is 0 Å². The van der Waals surface area contributed by atoms with Gasteiger partial charge in [-0.3, -0.25) is 0 Å². The highest BCUT2D eigenvalue weighted by Crippen LogP contribution is 2.16. The maximum absolute atomic E-state index is 4.50. The second-order valence-electron chi connectivity index (χ2n) is 2.80. The van der Waals surface area contributed by atoms with Crippen LogP contribution in [-0.4, -0.2) is 13.3 Å². The molecular weight excluding hydrogens is 226 g/mol. The first kappa shape index (κ1) is 25.2. The molecule has 2 heteroatoms. The summed E-state index contributed by atoms with van der Waals surface area (Å²) in [5.41, 5.74) is 5.79. The van der Waals surface area contributed by atoms with Crippen LogP contribution >= 0.6 is 12.6 Å². The summed E-state index contributed by atoms with van der Waals surface area (Å²) in [4.78, 5) is 0. The van der Waals surface area contributed by atoms with Crippen LogP contribution in [0, 0.1) is 5.92 Å². The zero-order valence-corrected chi connectivity index (χ0v) is 13.0. The number of hydrogen-bond acceptors (Lipinski definition) is 2. The van der Waals surface area contributed by atoms with E-state index in [0.29, 0.717) is 5.92 Å². The van der Waals surface area contributed by atoms with Crippen LogP contribution in [0.15, 0.2) is 50.1 Å². The lowest BCUT2D eigenvalue weighted by Gasteiger charge is -2.09. The molecule has 2 N–H and O–H groups in total. The first-order valence-electron chi connectivity index (χ1n) is 5.73. The fourth-order valence-electron chi connectivity index (χ4n) is 1.17. The van der Waals surface area contributed by atoms with Crippen LogP contribution in [0.1, 0.15) is 26.7 Å². The molecule has 17 heavy (non-hydrogen) atoms. The SMILES string of the molecule is C=C.C=C/C=C(\C=C)C(C)CCC.CN.CS. The lowest BCUT2D eigenvalue weighted by atomic mass is 9.96. The summed E-state index contributed by atoms with van der Waals surface area (Å²) in [6.45, 7) is 17.9. The van der Waals surface area contributed by atoms with E-state index < -0.39 is 0 Å². The average Bonchev–Trinajstić information content (AvgIpc) is 2.43. The third-order valence-corrected chi connectivity index (χ3v) is 1.84. The van der Waals surface area contributed by atoms with Crippen LogP contribution in [0.5, 0.6) is 0 Å². The average molecular weight is 257 g/mol. The first-order chi connectivity index (χ1) is 8.26. The van der Waals surface area contributed by atoms with E-state index in [9.17, 15) is 0 Å². The molecule has 0 aliphatic rings. The fourth-order valence-corrected chi connectivity index (χ4v) is 1.17. The van der Waals surface area contributed by atoms with E-state index in [1.165, 1.54) is 25.5 Å². The maximum Gasteiger partial charge on any atom is -0.0191 e. The van der Waals surface area contributed by atoms with Gasteiger partial charge in [0.25, 0.3) is 0 Å². The Hall–Kier alpha value is -0.730. The summed E-state index contributed by atoms with van der Waals surface area (Å²) < 4.78 is 0. The Morgan fingerprint density at radius 3 is 1.88 bits per heavy atom. The quantitative estimate of drug-likeness (QED) is 0.419. The van der Waals surface area contributed by atoms with E-state index >= 15 is 0 Å². The number of hydrogen-bond donors (Lipinski definition) is 2. The Balaban J connectivity index is -0.000000121. The maximum atomic E-state index is 4.50. The Kier molecular flexibility index (Phi) is 43.7. The fraction of sp³-hybridized carbons (Fsp3) is 0.467. The van der Waals surface area contributed by atoms with E-state index in [2.05, 4.69) is 58.5 Å². The van der Waals surface area contributed by atoms with Gasteiger partial charge in [0.05, 0.1) is 0 Å². The van der Waals surface area contributed by atoms with Crippen molar-refractivity contribution in [3.63, 3.8) is 0 Å². The molecule has 0 spiro atoms. The number of allylic oxidation sites excluding steroid dienone is 4. The van der Waals surface area contributed by atoms with Crippen molar-refractivity contribution in [1.82, 2.24) is 0 Å². The lowest BCUT2D eigenvalue weighted by molar-refractivity contribution is 0.613. The molecule has 102 valence electrons. The zero-order valence-electron chi connectivity index (χ0n) is 12.1. The molecular formula is C15H31NS. The Labute approximate surface area is 115 Å². The summed E-state index contributed by atoms with van der Waals surface area (Å²) in [5.74, 6) is 0.621. The van der Waals surface area contributed by atoms with Gasteiger partial charge in [-0.15, -0.1) is 13.2 Å². The van der Waals surface area contributed by atoms with Crippen molar-refractivity contribution in [2.75, 3.05) is 13.3 Å². The van der Waals surface area contributed by atoms with Crippen molar-refractivity contribution in [2.45, 2.75) is 26.7 Å². The van der Waals surface area contributed by atoms with Gasteiger partial charge in [-0.25, -0.2) is 0 Å². The summed E-state index contributed by atoms with van der Waals surface area (Å²) in [6.07, 6.45) is 9.92. The minimum atomic E-state index is 0.621. The molecule has 0 aromatic rings. The Bertz CT molecular complexity index is 174. The van der Waals surface area contributed by atoms with E-state index in [-0.39, 0.29) is 0 Å². The summed E-state index contributed by atoms with van der Waals surface area (Å²) in [5, 5.41) is 0. The van der Waals surface area contributed by atoms with E-state index in [1.54, 1.807) is 6.26 Å². The van der Waals surface area contributed by atoms with E-state index in [1.807, 2.05) is 18.2 Å². The first-order valence-corrected chi connectivity index (χ1v) is 6.63. The van der Waals surface area contributed by atoms with Gasteiger partial charge in [-0.1, -0.05) is 51.7 Å². The molecule has 0 saturated heterocycles. The molecule has 0 amide bonds. The normalized spacial score (nSPS) is 10.1. The second kappa shape index (κ2) is 29.5. The highest BCUT2D eigenvalue weighted by atomic mass is 32.1. The van der Waals surface area contributed by atoms with Crippen molar-refractivity contribution < 1.29 is 0 Å². The molecule has 0 rings (SSSR count). The van der Waals surface area contributed by atoms with Gasteiger partial charge in [-0.05, 0) is 31.2 Å². The molecule has 0 aromatic heterocycles. The second-order valence-corrected chi connectivity index (χ2v) is 2.80. The van der Waals surface area contributed by atoms with Gasteiger partial charge >= 0.3 is 0 Å². The topological polar surface area (TPSA) is 26.0 Å². The Morgan fingerprint density at radius 1 is 1.24 bits per heavy atom. The monoisotopic (exact) mass is 257 g/mol. The van der Waals surface area contributed by atoms with Gasteiger partial charge in [0.15, 0.2) is 0 Å². The third-order valence-electron chi connectivity index (χ3n) is 1.84. The van der Waals surface area contributed by atoms with Crippen LogP contribution < -0.4 is 5.73 Å². The number of thiol groups is 1. The molecule has 0 aliphatic heterocycles. The third kappa shape index (κ3) is 21.2. The van der Waals surface area contributed by atoms with Crippen molar-refractivity contribution >= 4 is 12.6 Å². The predicted molar refractivity (Wildman–Crippen MR) is 88.8 cm³/mol. The molecule has 0 aromatic carbocycles.